The Kier molecular flexibility index (Phi) is 6.97. The quantitative estimate of drug-likeness (QED) is 0.619. The third-order valence-electron chi connectivity index (χ3n) is 4.06. The van der Waals surface area contributed by atoms with Gasteiger partial charge in [0.15, 0.2) is 5.96 Å². The lowest BCUT2D eigenvalue weighted by Gasteiger charge is -2.25. The molecule has 0 aliphatic heterocycles. The summed E-state index contributed by atoms with van der Waals surface area (Å²) in [5, 5.41) is 6.78. The maximum absolute atomic E-state index is 11.7. The number of amides is 1. The number of hydrogen-bond acceptors (Lipinski definition) is 3. The molecular weight excluding hydrogens is 292 g/mol. The second kappa shape index (κ2) is 9.22. The van der Waals surface area contributed by atoms with E-state index in [0.717, 1.165) is 24.7 Å². The molecule has 6 heteroatoms. The van der Waals surface area contributed by atoms with Crippen LogP contribution >= 0.6 is 0 Å². The van der Waals surface area contributed by atoms with Crippen molar-refractivity contribution in [3.63, 3.8) is 0 Å². The van der Waals surface area contributed by atoms with Gasteiger partial charge in [-0.15, -0.1) is 0 Å². The van der Waals surface area contributed by atoms with Crippen molar-refractivity contribution in [2.75, 3.05) is 27.2 Å². The van der Waals surface area contributed by atoms with Crippen LogP contribution in [0.3, 0.4) is 0 Å². The Bertz CT molecular complexity index is 491. The van der Waals surface area contributed by atoms with Gasteiger partial charge in [-0.1, -0.05) is 19.3 Å². The summed E-state index contributed by atoms with van der Waals surface area (Å²) in [4.78, 5) is 17.7. The van der Waals surface area contributed by atoms with E-state index in [4.69, 9.17) is 4.42 Å². The first-order valence-electron chi connectivity index (χ1n) is 8.42. The lowest BCUT2D eigenvalue weighted by atomic mass is 9.96. The van der Waals surface area contributed by atoms with Crippen molar-refractivity contribution < 1.29 is 9.21 Å². The zero-order chi connectivity index (χ0) is 16.5. The van der Waals surface area contributed by atoms with Gasteiger partial charge < -0.3 is 20.0 Å². The van der Waals surface area contributed by atoms with Crippen LogP contribution in [0.2, 0.25) is 0 Å². The van der Waals surface area contributed by atoms with Crippen LogP contribution in [0.5, 0.6) is 0 Å². The summed E-state index contributed by atoms with van der Waals surface area (Å²) in [5.74, 6) is 1.67. The van der Waals surface area contributed by atoms with E-state index >= 15 is 0 Å². The number of hydrogen-bond donors (Lipinski definition) is 2. The van der Waals surface area contributed by atoms with E-state index in [1.165, 1.54) is 32.1 Å². The van der Waals surface area contributed by atoms with E-state index in [0.29, 0.717) is 6.04 Å². The lowest BCUT2D eigenvalue weighted by Crippen LogP contribution is -2.45. The number of likely N-dealkylation sites (N-methyl/N-ethyl adjacent to an activating group) is 1. The number of nitrogens with one attached hydrogen (secondary N) is 2. The molecule has 0 saturated heterocycles. The van der Waals surface area contributed by atoms with Crippen LogP contribution in [-0.2, 0) is 11.2 Å². The summed E-state index contributed by atoms with van der Waals surface area (Å²) in [7, 11) is 3.49. The Morgan fingerprint density at radius 2 is 2.13 bits per heavy atom. The highest BCUT2D eigenvalue weighted by atomic mass is 16.3. The molecule has 6 nitrogen and oxygen atoms in total. The van der Waals surface area contributed by atoms with Crippen molar-refractivity contribution in [1.29, 1.82) is 0 Å². The van der Waals surface area contributed by atoms with Crippen molar-refractivity contribution in [2.24, 2.45) is 4.99 Å². The van der Waals surface area contributed by atoms with Crippen molar-refractivity contribution in [2.45, 2.75) is 44.6 Å². The Morgan fingerprint density at radius 1 is 1.35 bits per heavy atom. The standard InChI is InChI=1S/C17H28N4O2/c1-21(2)16(22)13-19-17(20-14-7-4-3-5-8-14)18-11-10-15-9-6-12-23-15/h6,9,12,14H,3-5,7-8,10-11,13H2,1-2H3,(H2,18,19,20). The van der Waals surface area contributed by atoms with Gasteiger partial charge >= 0.3 is 0 Å². The van der Waals surface area contributed by atoms with Gasteiger partial charge in [-0.25, -0.2) is 4.99 Å². The van der Waals surface area contributed by atoms with Gasteiger partial charge in [-0.2, -0.15) is 0 Å². The molecule has 1 amide bonds. The van der Waals surface area contributed by atoms with Crippen molar-refractivity contribution in [3.05, 3.63) is 24.2 Å². The number of carbonyl (C=O) groups excluding carboxylic acids is 1. The summed E-state index contributed by atoms with van der Waals surface area (Å²) < 4.78 is 5.33. The smallest absolute Gasteiger partial charge is 0.243 e. The van der Waals surface area contributed by atoms with Crippen molar-refractivity contribution in [1.82, 2.24) is 15.5 Å². The molecule has 0 unspecified atom stereocenters. The molecule has 0 spiro atoms. The molecule has 1 saturated carbocycles. The molecule has 0 bridgehead atoms. The number of rotatable bonds is 6. The van der Waals surface area contributed by atoms with Crippen molar-refractivity contribution in [3.8, 4) is 0 Å². The molecule has 0 aromatic carbocycles. The van der Waals surface area contributed by atoms with E-state index in [1.807, 2.05) is 12.1 Å². The first-order valence-corrected chi connectivity index (χ1v) is 8.42. The fourth-order valence-electron chi connectivity index (χ4n) is 2.64. The minimum Gasteiger partial charge on any atom is -0.469 e. The second-order valence-corrected chi connectivity index (χ2v) is 6.19. The number of aliphatic imine (C=N–C) groups is 1. The van der Waals surface area contributed by atoms with Gasteiger partial charge in [0.1, 0.15) is 12.3 Å². The van der Waals surface area contributed by atoms with E-state index in [1.54, 1.807) is 25.3 Å². The zero-order valence-electron chi connectivity index (χ0n) is 14.2. The van der Waals surface area contributed by atoms with Gasteiger partial charge in [0.05, 0.1) is 6.26 Å². The minimum absolute atomic E-state index is 0.000721. The van der Waals surface area contributed by atoms with Gasteiger partial charge in [-0.3, -0.25) is 4.79 Å². The SMILES string of the molecule is CN(C)C(=O)CN=C(NCCc1ccco1)NC1CCCCC1. The third-order valence-corrected chi connectivity index (χ3v) is 4.06. The van der Waals surface area contributed by atoms with Gasteiger partial charge in [0.25, 0.3) is 0 Å². The molecule has 1 aliphatic carbocycles. The summed E-state index contributed by atoms with van der Waals surface area (Å²) in [5.41, 5.74) is 0. The van der Waals surface area contributed by atoms with Crippen LogP contribution in [0.25, 0.3) is 0 Å². The molecule has 1 fully saturated rings. The Morgan fingerprint density at radius 3 is 2.78 bits per heavy atom. The largest absolute Gasteiger partial charge is 0.469 e. The molecule has 0 radical (unpaired) electrons. The average Bonchev–Trinajstić information content (AvgIpc) is 3.06. The predicted octanol–water partition coefficient (Wildman–Crippen LogP) is 1.78. The Labute approximate surface area is 138 Å². The van der Waals surface area contributed by atoms with Crippen LogP contribution in [0, 0.1) is 0 Å². The average molecular weight is 320 g/mol. The fraction of sp³-hybridized carbons (Fsp3) is 0.647. The molecule has 128 valence electrons. The van der Waals surface area contributed by atoms with Gasteiger partial charge in [0, 0.05) is 33.1 Å². The maximum atomic E-state index is 11.7. The van der Waals surface area contributed by atoms with Crippen molar-refractivity contribution >= 4 is 11.9 Å². The highest BCUT2D eigenvalue weighted by molar-refractivity contribution is 5.84. The molecule has 2 N–H and O–H groups in total. The van der Waals surface area contributed by atoms with Crippen LogP contribution in [0.4, 0.5) is 0 Å². The van der Waals surface area contributed by atoms with Crippen LogP contribution < -0.4 is 10.6 Å². The molecule has 1 heterocycles. The van der Waals surface area contributed by atoms with Crippen LogP contribution in [-0.4, -0.2) is 50.0 Å². The first kappa shape index (κ1) is 17.4. The number of nitrogens with zero attached hydrogens (tertiary/aromatic N) is 2. The molecule has 1 aromatic rings. The highest BCUT2D eigenvalue weighted by Gasteiger charge is 2.15. The topological polar surface area (TPSA) is 69.9 Å². The number of furan rings is 1. The number of guanidine groups is 1. The van der Waals surface area contributed by atoms with Crippen LogP contribution in [0.15, 0.2) is 27.8 Å². The van der Waals surface area contributed by atoms with E-state index in [-0.39, 0.29) is 12.5 Å². The summed E-state index contributed by atoms with van der Waals surface area (Å²) in [6.07, 6.45) is 8.64. The zero-order valence-corrected chi connectivity index (χ0v) is 14.2. The summed E-state index contributed by atoms with van der Waals surface area (Å²) >= 11 is 0. The monoisotopic (exact) mass is 320 g/mol. The highest BCUT2D eigenvalue weighted by Crippen LogP contribution is 2.17. The van der Waals surface area contributed by atoms with Crippen LogP contribution in [0.1, 0.15) is 37.9 Å². The van der Waals surface area contributed by atoms with E-state index in [9.17, 15) is 4.79 Å². The number of carbonyl (C=O) groups is 1. The normalized spacial score (nSPS) is 16.2. The summed E-state index contributed by atoms with van der Waals surface area (Å²) in [6.45, 7) is 0.887. The Hall–Kier alpha value is -1.98. The molecule has 2 rings (SSSR count). The lowest BCUT2D eigenvalue weighted by molar-refractivity contribution is -0.127. The molecular formula is C17H28N4O2. The Balaban J connectivity index is 1.86. The minimum atomic E-state index is 0.000721. The molecule has 0 atom stereocenters. The molecule has 23 heavy (non-hydrogen) atoms. The predicted molar refractivity (Wildman–Crippen MR) is 91.4 cm³/mol. The maximum Gasteiger partial charge on any atom is 0.243 e. The molecule has 1 aromatic heterocycles. The second-order valence-electron chi connectivity index (χ2n) is 6.19. The third kappa shape index (κ3) is 6.34. The fourth-order valence-corrected chi connectivity index (χ4v) is 2.64. The first-order chi connectivity index (χ1) is 11.1. The summed E-state index contributed by atoms with van der Waals surface area (Å²) in [6, 6.07) is 4.30. The molecule has 1 aliphatic rings. The van der Waals surface area contributed by atoms with E-state index in [2.05, 4.69) is 15.6 Å². The van der Waals surface area contributed by atoms with Gasteiger partial charge in [0.2, 0.25) is 5.91 Å². The van der Waals surface area contributed by atoms with Gasteiger partial charge in [-0.05, 0) is 25.0 Å². The van der Waals surface area contributed by atoms with E-state index < -0.39 is 0 Å².